The lowest BCUT2D eigenvalue weighted by atomic mass is 10.2. The van der Waals surface area contributed by atoms with E-state index in [-0.39, 0.29) is 6.04 Å². The first-order chi connectivity index (χ1) is 8.33. The van der Waals surface area contributed by atoms with Gasteiger partial charge in [0.05, 0.1) is 19.3 Å². The van der Waals surface area contributed by atoms with Crippen molar-refractivity contribution in [3.63, 3.8) is 0 Å². The van der Waals surface area contributed by atoms with E-state index in [0.29, 0.717) is 35.4 Å². The molecule has 1 aliphatic rings. The van der Waals surface area contributed by atoms with Crippen molar-refractivity contribution < 1.29 is 13.7 Å². The topological polar surface area (TPSA) is 73.3 Å². The van der Waals surface area contributed by atoms with E-state index in [4.69, 9.17) is 13.7 Å². The number of furan rings is 1. The summed E-state index contributed by atoms with van der Waals surface area (Å²) in [7, 11) is 0. The Bertz CT molecular complexity index is 504. The normalized spacial score (nSPS) is 20.6. The minimum Gasteiger partial charge on any atom is -0.444 e. The number of aromatic nitrogens is 2. The third-order valence-corrected chi connectivity index (χ3v) is 2.89. The molecule has 0 bridgehead atoms. The highest BCUT2D eigenvalue weighted by molar-refractivity contribution is 9.10. The summed E-state index contributed by atoms with van der Waals surface area (Å²) in [5.41, 5.74) is 0. The maximum absolute atomic E-state index is 5.34. The van der Waals surface area contributed by atoms with Crippen LogP contribution in [-0.2, 0) is 4.74 Å². The Balaban J connectivity index is 1.82. The number of hydrogen-bond acceptors (Lipinski definition) is 6. The van der Waals surface area contributed by atoms with Crippen LogP contribution in [0.3, 0.4) is 0 Å². The van der Waals surface area contributed by atoms with Crippen molar-refractivity contribution in [2.45, 2.75) is 6.04 Å². The molecule has 0 radical (unpaired) electrons. The minimum absolute atomic E-state index is 0.0142. The molecule has 0 aromatic carbocycles. The van der Waals surface area contributed by atoms with Gasteiger partial charge in [-0.25, -0.2) is 0 Å². The summed E-state index contributed by atoms with van der Waals surface area (Å²) in [5, 5.41) is 7.18. The summed E-state index contributed by atoms with van der Waals surface area (Å²) in [6.45, 7) is 2.06. The van der Waals surface area contributed by atoms with Gasteiger partial charge in [-0.1, -0.05) is 5.16 Å². The fraction of sp³-hybridized carbons (Fsp3) is 0.400. The summed E-state index contributed by atoms with van der Waals surface area (Å²) in [5.74, 6) is 1.51. The molecule has 7 heteroatoms. The zero-order valence-corrected chi connectivity index (χ0v) is 10.4. The van der Waals surface area contributed by atoms with Crippen LogP contribution in [0.5, 0.6) is 0 Å². The SMILES string of the molecule is Brc1ccc(-c2nc(C3COCCN3)no2)o1. The third-order valence-electron chi connectivity index (χ3n) is 2.46. The van der Waals surface area contributed by atoms with Gasteiger partial charge in [0, 0.05) is 6.54 Å². The van der Waals surface area contributed by atoms with Crippen LogP contribution in [-0.4, -0.2) is 29.9 Å². The molecule has 6 nitrogen and oxygen atoms in total. The lowest BCUT2D eigenvalue weighted by molar-refractivity contribution is 0.0734. The average molecular weight is 300 g/mol. The van der Waals surface area contributed by atoms with Crippen LogP contribution >= 0.6 is 15.9 Å². The fourth-order valence-electron chi connectivity index (χ4n) is 1.64. The maximum Gasteiger partial charge on any atom is 0.293 e. The molecular weight excluding hydrogens is 290 g/mol. The quantitative estimate of drug-likeness (QED) is 0.911. The summed E-state index contributed by atoms with van der Waals surface area (Å²) in [6, 6.07) is 3.53. The van der Waals surface area contributed by atoms with Gasteiger partial charge in [0.2, 0.25) is 0 Å². The van der Waals surface area contributed by atoms with Gasteiger partial charge in [-0.2, -0.15) is 4.98 Å². The van der Waals surface area contributed by atoms with Gasteiger partial charge in [-0.3, -0.25) is 0 Å². The number of hydrogen-bond donors (Lipinski definition) is 1. The molecule has 1 fully saturated rings. The molecular formula is C10H10BrN3O3. The smallest absolute Gasteiger partial charge is 0.293 e. The molecule has 3 heterocycles. The fourth-order valence-corrected chi connectivity index (χ4v) is 1.94. The Morgan fingerprint density at radius 3 is 3.06 bits per heavy atom. The second-order valence-corrected chi connectivity index (χ2v) is 4.42. The highest BCUT2D eigenvalue weighted by atomic mass is 79.9. The van der Waals surface area contributed by atoms with Gasteiger partial charge in [-0.15, -0.1) is 0 Å². The van der Waals surface area contributed by atoms with Crippen LogP contribution < -0.4 is 5.32 Å². The number of rotatable bonds is 2. The Kier molecular flexibility index (Phi) is 2.96. The molecule has 1 unspecified atom stereocenters. The van der Waals surface area contributed by atoms with Crippen molar-refractivity contribution >= 4 is 15.9 Å². The summed E-state index contributed by atoms with van der Waals surface area (Å²) < 4.78 is 16.5. The van der Waals surface area contributed by atoms with Crippen molar-refractivity contribution in [3.05, 3.63) is 22.6 Å². The summed E-state index contributed by atoms with van der Waals surface area (Å²) in [6.07, 6.45) is 0. The molecule has 0 saturated carbocycles. The average Bonchev–Trinajstić information content (AvgIpc) is 2.98. The van der Waals surface area contributed by atoms with E-state index < -0.39 is 0 Å². The van der Waals surface area contributed by atoms with Crippen LogP contribution in [0.2, 0.25) is 0 Å². The first-order valence-corrected chi connectivity index (χ1v) is 6.02. The Hall–Kier alpha value is -1.18. The Morgan fingerprint density at radius 2 is 2.35 bits per heavy atom. The molecule has 2 aromatic rings. The molecule has 0 aliphatic carbocycles. The summed E-state index contributed by atoms with van der Waals surface area (Å²) >= 11 is 3.22. The van der Waals surface area contributed by atoms with Gasteiger partial charge in [-0.05, 0) is 28.1 Å². The number of nitrogens with zero attached hydrogens (tertiary/aromatic N) is 2. The molecule has 1 saturated heterocycles. The van der Waals surface area contributed by atoms with Crippen LogP contribution in [0.25, 0.3) is 11.7 Å². The Labute approximate surface area is 105 Å². The van der Waals surface area contributed by atoms with E-state index in [0.717, 1.165) is 6.54 Å². The number of halogens is 1. The summed E-state index contributed by atoms with van der Waals surface area (Å²) in [4.78, 5) is 4.28. The predicted molar refractivity (Wildman–Crippen MR) is 61.3 cm³/mol. The molecule has 3 rings (SSSR count). The second-order valence-electron chi connectivity index (χ2n) is 3.64. The van der Waals surface area contributed by atoms with E-state index in [1.807, 2.05) is 0 Å². The maximum atomic E-state index is 5.34. The molecule has 17 heavy (non-hydrogen) atoms. The predicted octanol–water partition coefficient (Wildman–Crippen LogP) is 1.75. The van der Waals surface area contributed by atoms with Gasteiger partial charge < -0.3 is 19.0 Å². The van der Waals surface area contributed by atoms with Crippen molar-refractivity contribution in [1.82, 2.24) is 15.5 Å². The van der Waals surface area contributed by atoms with Crippen LogP contribution in [0.4, 0.5) is 0 Å². The molecule has 0 amide bonds. The Morgan fingerprint density at radius 1 is 1.41 bits per heavy atom. The van der Waals surface area contributed by atoms with Crippen LogP contribution in [0, 0.1) is 0 Å². The molecule has 2 aromatic heterocycles. The second kappa shape index (κ2) is 4.59. The molecule has 1 N–H and O–H groups in total. The molecule has 1 aliphatic heterocycles. The number of morpholine rings is 1. The van der Waals surface area contributed by atoms with E-state index in [9.17, 15) is 0 Å². The molecule has 1 atom stereocenters. The third kappa shape index (κ3) is 2.26. The first-order valence-electron chi connectivity index (χ1n) is 5.23. The lowest BCUT2D eigenvalue weighted by Crippen LogP contribution is -2.35. The van der Waals surface area contributed by atoms with E-state index in [1.54, 1.807) is 12.1 Å². The van der Waals surface area contributed by atoms with Gasteiger partial charge in [0.25, 0.3) is 5.89 Å². The van der Waals surface area contributed by atoms with Gasteiger partial charge in [0.15, 0.2) is 16.3 Å². The van der Waals surface area contributed by atoms with Crippen molar-refractivity contribution in [2.24, 2.45) is 0 Å². The van der Waals surface area contributed by atoms with E-state index in [2.05, 4.69) is 31.4 Å². The van der Waals surface area contributed by atoms with Gasteiger partial charge >= 0.3 is 0 Å². The van der Waals surface area contributed by atoms with Gasteiger partial charge in [0.1, 0.15) is 0 Å². The standard InChI is InChI=1S/C10H10BrN3O3/c11-8-2-1-7(16-8)10-13-9(14-17-10)6-5-15-4-3-12-6/h1-2,6,12H,3-5H2. The number of ether oxygens (including phenoxy) is 1. The van der Waals surface area contributed by atoms with Crippen molar-refractivity contribution in [2.75, 3.05) is 19.8 Å². The van der Waals surface area contributed by atoms with Crippen molar-refractivity contribution in [3.8, 4) is 11.7 Å². The lowest BCUT2D eigenvalue weighted by Gasteiger charge is -2.20. The molecule has 0 spiro atoms. The molecule has 90 valence electrons. The number of nitrogens with one attached hydrogen (secondary N) is 1. The zero-order chi connectivity index (χ0) is 11.7. The van der Waals surface area contributed by atoms with E-state index in [1.165, 1.54) is 0 Å². The van der Waals surface area contributed by atoms with E-state index >= 15 is 0 Å². The van der Waals surface area contributed by atoms with Crippen LogP contribution in [0.1, 0.15) is 11.9 Å². The largest absolute Gasteiger partial charge is 0.444 e. The highest BCUT2D eigenvalue weighted by Gasteiger charge is 2.22. The monoisotopic (exact) mass is 299 g/mol. The first kappa shape index (κ1) is 10.9. The van der Waals surface area contributed by atoms with Crippen molar-refractivity contribution in [1.29, 1.82) is 0 Å². The minimum atomic E-state index is -0.0142. The van der Waals surface area contributed by atoms with Crippen LogP contribution in [0.15, 0.2) is 25.7 Å². The zero-order valence-electron chi connectivity index (χ0n) is 8.85. The highest BCUT2D eigenvalue weighted by Crippen LogP contribution is 2.24.